The maximum absolute atomic E-state index is 14.1. The smallest absolute Gasteiger partial charge is 0.262 e. The number of amides is 2. The van der Waals surface area contributed by atoms with Crippen molar-refractivity contribution in [3.05, 3.63) is 50.6 Å². The maximum atomic E-state index is 14.1. The van der Waals surface area contributed by atoms with Crippen molar-refractivity contribution in [3.8, 4) is 5.69 Å². The summed E-state index contributed by atoms with van der Waals surface area (Å²) in [5, 5.41) is 16.2. The van der Waals surface area contributed by atoms with E-state index in [-0.39, 0.29) is 11.6 Å². The Morgan fingerprint density at radius 3 is 2.70 bits per heavy atom. The first kappa shape index (κ1) is 19.1. The van der Waals surface area contributed by atoms with E-state index in [4.69, 9.17) is 0 Å². The van der Waals surface area contributed by atoms with E-state index in [1.54, 1.807) is 26.0 Å². The van der Waals surface area contributed by atoms with E-state index in [2.05, 4.69) is 42.1 Å². The first-order valence-corrected chi connectivity index (χ1v) is 9.38. The highest BCUT2D eigenvalue weighted by atomic mass is 79.9. The Morgan fingerprint density at radius 1 is 1.30 bits per heavy atom. The highest BCUT2D eigenvalue weighted by Crippen LogP contribution is 2.22. The van der Waals surface area contributed by atoms with E-state index in [1.807, 2.05) is 0 Å². The minimum absolute atomic E-state index is 0.107. The molecule has 2 N–H and O–H groups in total. The Bertz CT molecular complexity index is 1000. The fourth-order valence-corrected chi connectivity index (χ4v) is 3.52. The number of benzene rings is 1. The second kappa shape index (κ2) is 7.92. The van der Waals surface area contributed by atoms with E-state index in [1.165, 1.54) is 34.2 Å². The molecule has 2 aromatic heterocycles. The molecule has 11 heteroatoms. The largest absolute Gasteiger partial charge is 0.340 e. The highest BCUT2D eigenvalue weighted by Gasteiger charge is 2.19. The molecule has 0 saturated heterocycles. The molecule has 1 atom stereocenters. The lowest BCUT2D eigenvalue weighted by atomic mass is 10.2. The maximum Gasteiger partial charge on any atom is 0.262 e. The van der Waals surface area contributed by atoms with Crippen LogP contribution in [0.3, 0.4) is 0 Å². The third kappa shape index (κ3) is 4.37. The molecule has 0 spiro atoms. The number of rotatable bonds is 5. The molecule has 1 aromatic carbocycles. The zero-order valence-corrected chi connectivity index (χ0v) is 16.6. The summed E-state index contributed by atoms with van der Waals surface area (Å²) in [4.78, 5) is 25.0. The zero-order valence-electron chi connectivity index (χ0n) is 14.2. The van der Waals surface area contributed by atoms with E-state index in [9.17, 15) is 14.0 Å². The summed E-state index contributed by atoms with van der Waals surface area (Å²) >= 11 is 4.55. The second-order valence-electron chi connectivity index (χ2n) is 5.59. The van der Waals surface area contributed by atoms with Gasteiger partial charge in [-0.1, -0.05) is 0 Å². The average Bonchev–Trinajstić information content (AvgIpc) is 3.25. The number of halogens is 2. The summed E-state index contributed by atoms with van der Waals surface area (Å²) in [6.07, 6.45) is 0. The number of nitrogens with one attached hydrogen (secondary N) is 2. The van der Waals surface area contributed by atoms with Crippen molar-refractivity contribution in [1.29, 1.82) is 0 Å². The molecular formula is C16H14BrFN6O2S. The number of hydrogen-bond acceptors (Lipinski definition) is 6. The fourth-order valence-electron chi connectivity index (χ4n) is 2.23. The van der Waals surface area contributed by atoms with Gasteiger partial charge in [-0.25, -0.2) is 4.39 Å². The number of nitrogens with zero attached hydrogens (tertiary/aromatic N) is 4. The molecule has 3 aromatic rings. The topological polar surface area (TPSA) is 102 Å². The van der Waals surface area contributed by atoms with Gasteiger partial charge in [0, 0.05) is 5.69 Å². The average molecular weight is 453 g/mol. The predicted molar refractivity (Wildman–Crippen MR) is 101 cm³/mol. The van der Waals surface area contributed by atoms with Crippen molar-refractivity contribution < 1.29 is 14.0 Å². The van der Waals surface area contributed by atoms with E-state index >= 15 is 0 Å². The van der Waals surface area contributed by atoms with Gasteiger partial charge in [0.05, 0.1) is 8.66 Å². The number of thiophene rings is 1. The lowest BCUT2D eigenvalue weighted by Crippen LogP contribution is -2.41. The Morgan fingerprint density at radius 2 is 2.07 bits per heavy atom. The molecule has 1 unspecified atom stereocenters. The second-order valence-corrected chi connectivity index (χ2v) is 8.06. The Kier molecular flexibility index (Phi) is 5.61. The van der Waals surface area contributed by atoms with Gasteiger partial charge >= 0.3 is 0 Å². The molecule has 0 fully saturated rings. The third-order valence-electron chi connectivity index (χ3n) is 3.61. The van der Waals surface area contributed by atoms with Crippen LogP contribution in [0.2, 0.25) is 0 Å². The number of hydrogen-bond donors (Lipinski definition) is 2. The van der Waals surface area contributed by atoms with E-state index in [0.29, 0.717) is 16.4 Å². The fraction of sp³-hybridized carbons (Fsp3) is 0.188. The lowest BCUT2D eigenvalue weighted by molar-refractivity contribution is -0.117. The van der Waals surface area contributed by atoms with E-state index < -0.39 is 17.8 Å². The molecule has 27 heavy (non-hydrogen) atoms. The van der Waals surface area contributed by atoms with Crippen LogP contribution in [0.4, 0.5) is 10.1 Å². The standard InChI is InChI=1S/C16H14BrFN6O2S/c1-8(19-16(26)13-5-6-14(17)27-13)15(25)20-10-3-4-11(18)12(7-10)24-9(2)21-22-23-24/h3-8H,1-2H3,(H,19,26)(H,20,25). The monoisotopic (exact) mass is 452 g/mol. The predicted octanol–water partition coefficient (Wildman–Crippen LogP) is 2.69. The number of carbonyl (C=O) groups excluding carboxylic acids is 2. The van der Waals surface area contributed by atoms with Gasteiger partial charge in [-0.3, -0.25) is 9.59 Å². The summed E-state index contributed by atoms with van der Waals surface area (Å²) in [6.45, 7) is 3.19. The first-order valence-electron chi connectivity index (χ1n) is 7.77. The number of tetrazole rings is 1. The van der Waals surface area contributed by atoms with Crippen molar-refractivity contribution in [3.63, 3.8) is 0 Å². The number of aromatic nitrogens is 4. The van der Waals surface area contributed by atoms with Crippen LogP contribution in [0.1, 0.15) is 22.4 Å². The molecule has 0 aliphatic rings. The number of anilines is 1. The molecule has 8 nitrogen and oxygen atoms in total. The lowest BCUT2D eigenvalue weighted by Gasteiger charge is -2.14. The summed E-state index contributed by atoms with van der Waals surface area (Å²) in [5.74, 6) is -0.921. The Balaban J connectivity index is 1.70. The van der Waals surface area contributed by atoms with Gasteiger partial charge in [0.15, 0.2) is 5.82 Å². The van der Waals surface area contributed by atoms with Crippen LogP contribution in [0, 0.1) is 12.7 Å². The Labute approximate surface area is 165 Å². The van der Waals surface area contributed by atoms with Crippen LogP contribution in [-0.2, 0) is 4.79 Å². The highest BCUT2D eigenvalue weighted by molar-refractivity contribution is 9.11. The Hall–Kier alpha value is -2.66. The van der Waals surface area contributed by atoms with Crippen molar-refractivity contribution in [1.82, 2.24) is 25.5 Å². The van der Waals surface area contributed by atoms with Crippen LogP contribution in [-0.4, -0.2) is 38.1 Å². The third-order valence-corrected chi connectivity index (χ3v) is 5.23. The number of aryl methyl sites for hydroxylation is 1. The van der Waals surface area contributed by atoms with Crippen LogP contribution in [0.5, 0.6) is 0 Å². The minimum atomic E-state index is -0.790. The summed E-state index contributed by atoms with van der Waals surface area (Å²) in [6, 6.07) is 6.67. The van der Waals surface area contributed by atoms with Crippen LogP contribution >= 0.6 is 27.3 Å². The SMILES string of the molecule is Cc1nnnn1-c1cc(NC(=O)C(C)NC(=O)c2ccc(Br)s2)ccc1F. The van der Waals surface area contributed by atoms with Gasteiger partial charge < -0.3 is 10.6 Å². The molecule has 0 aliphatic heterocycles. The molecule has 2 heterocycles. The summed E-state index contributed by atoms with van der Waals surface area (Å²) in [7, 11) is 0. The van der Waals surface area contributed by atoms with Gasteiger partial charge in [-0.2, -0.15) is 4.68 Å². The number of carbonyl (C=O) groups is 2. The van der Waals surface area contributed by atoms with Gasteiger partial charge in [0.1, 0.15) is 17.5 Å². The quantitative estimate of drug-likeness (QED) is 0.619. The van der Waals surface area contributed by atoms with E-state index in [0.717, 1.165) is 3.79 Å². The molecule has 0 radical (unpaired) electrons. The first-order chi connectivity index (χ1) is 12.8. The normalized spacial score (nSPS) is 11.9. The molecule has 3 rings (SSSR count). The van der Waals surface area contributed by atoms with Crippen molar-refractivity contribution in [2.75, 3.05) is 5.32 Å². The van der Waals surface area contributed by atoms with Crippen molar-refractivity contribution in [2.45, 2.75) is 19.9 Å². The van der Waals surface area contributed by atoms with Gasteiger partial charge in [0.25, 0.3) is 5.91 Å². The molecule has 0 aliphatic carbocycles. The zero-order chi connectivity index (χ0) is 19.6. The van der Waals surface area contributed by atoms with Crippen molar-refractivity contribution in [2.24, 2.45) is 0 Å². The van der Waals surface area contributed by atoms with Gasteiger partial charge in [-0.15, -0.1) is 16.4 Å². The van der Waals surface area contributed by atoms with Gasteiger partial charge in [0.2, 0.25) is 5.91 Å². The van der Waals surface area contributed by atoms with Crippen LogP contribution in [0.15, 0.2) is 34.1 Å². The summed E-state index contributed by atoms with van der Waals surface area (Å²) < 4.78 is 16.1. The molecule has 0 saturated carbocycles. The molecule has 140 valence electrons. The molecule has 2 amide bonds. The molecule has 0 bridgehead atoms. The van der Waals surface area contributed by atoms with Crippen LogP contribution < -0.4 is 10.6 Å². The van der Waals surface area contributed by atoms with Crippen LogP contribution in [0.25, 0.3) is 5.69 Å². The minimum Gasteiger partial charge on any atom is -0.340 e. The summed E-state index contributed by atoms with van der Waals surface area (Å²) in [5.41, 5.74) is 0.460. The van der Waals surface area contributed by atoms with Gasteiger partial charge in [-0.05, 0) is 70.5 Å². The molecular weight excluding hydrogens is 439 g/mol. The van der Waals surface area contributed by atoms with Crippen molar-refractivity contribution >= 4 is 44.8 Å².